The maximum atomic E-state index is 12.4. The molecule has 0 aliphatic carbocycles. The summed E-state index contributed by atoms with van der Waals surface area (Å²) in [5, 5.41) is 9.05. The number of carbonyl (C=O) groups is 1. The molecular formula is C16H16N4OS. The van der Waals surface area contributed by atoms with Gasteiger partial charge in [0.2, 0.25) is 0 Å². The van der Waals surface area contributed by atoms with Gasteiger partial charge >= 0.3 is 0 Å². The average molecular weight is 312 g/mol. The number of nitrogens with one attached hydrogen (secondary N) is 1. The third kappa shape index (κ3) is 2.78. The fraction of sp³-hybridized carbons (Fsp3) is 0.188. The van der Waals surface area contributed by atoms with Gasteiger partial charge in [0.1, 0.15) is 0 Å². The van der Waals surface area contributed by atoms with E-state index in [-0.39, 0.29) is 5.91 Å². The van der Waals surface area contributed by atoms with Crippen LogP contribution in [0.1, 0.15) is 21.7 Å². The average Bonchev–Trinajstić information content (AvgIpc) is 3.09. The van der Waals surface area contributed by atoms with E-state index in [1.165, 1.54) is 0 Å². The molecule has 3 rings (SSSR count). The predicted molar refractivity (Wildman–Crippen MR) is 88.2 cm³/mol. The Morgan fingerprint density at radius 1 is 1.27 bits per heavy atom. The van der Waals surface area contributed by atoms with Crippen molar-refractivity contribution in [1.82, 2.24) is 14.8 Å². The van der Waals surface area contributed by atoms with Crippen LogP contribution in [0.3, 0.4) is 0 Å². The van der Waals surface area contributed by atoms with Crippen molar-refractivity contribution in [3.8, 4) is 10.6 Å². The highest BCUT2D eigenvalue weighted by Crippen LogP contribution is 2.24. The predicted octanol–water partition coefficient (Wildman–Crippen LogP) is 3.41. The molecule has 3 aromatic heterocycles. The topological polar surface area (TPSA) is 59.8 Å². The number of aryl methyl sites for hydroxylation is 3. The molecule has 0 saturated carbocycles. The van der Waals surface area contributed by atoms with E-state index in [1.54, 1.807) is 16.0 Å². The van der Waals surface area contributed by atoms with Gasteiger partial charge in [-0.05, 0) is 37.4 Å². The minimum atomic E-state index is -0.194. The van der Waals surface area contributed by atoms with E-state index in [0.29, 0.717) is 17.1 Å². The quantitative estimate of drug-likeness (QED) is 0.806. The molecule has 1 amide bonds. The zero-order valence-electron chi connectivity index (χ0n) is 12.6. The van der Waals surface area contributed by atoms with Crippen LogP contribution >= 0.6 is 11.3 Å². The molecule has 3 aromatic rings. The first kappa shape index (κ1) is 14.5. The van der Waals surface area contributed by atoms with E-state index < -0.39 is 0 Å². The van der Waals surface area contributed by atoms with Gasteiger partial charge in [-0.1, -0.05) is 6.07 Å². The number of thiophene rings is 1. The molecular weight excluding hydrogens is 296 g/mol. The summed E-state index contributed by atoms with van der Waals surface area (Å²) < 4.78 is 1.72. The summed E-state index contributed by atoms with van der Waals surface area (Å²) in [6, 6.07) is 9.52. The number of nitrogens with zero attached hydrogens (tertiary/aromatic N) is 3. The molecule has 0 aromatic carbocycles. The molecule has 6 heteroatoms. The van der Waals surface area contributed by atoms with Crippen molar-refractivity contribution in [2.75, 3.05) is 5.32 Å². The lowest BCUT2D eigenvalue weighted by Gasteiger charge is -2.06. The largest absolute Gasteiger partial charge is 0.305 e. The fourth-order valence-electron chi connectivity index (χ4n) is 2.17. The number of pyridine rings is 1. The Kier molecular flexibility index (Phi) is 3.77. The molecule has 112 valence electrons. The first-order valence-electron chi connectivity index (χ1n) is 6.88. The number of anilines is 1. The van der Waals surface area contributed by atoms with Crippen LogP contribution in [0.25, 0.3) is 10.6 Å². The molecule has 3 heterocycles. The molecule has 0 radical (unpaired) electrons. The Bertz CT molecular complexity index is 801. The Labute approximate surface area is 132 Å². The molecule has 0 spiro atoms. The summed E-state index contributed by atoms with van der Waals surface area (Å²) in [4.78, 5) is 18.0. The molecule has 0 aliphatic heterocycles. The number of aromatic nitrogens is 3. The van der Waals surface area contributed by atoms with Gasteiger partial charge < -0.3 is 5.32 Å². The van der Waals surface area contributed by atoms with Crippen LogP contribution in [-0.4, -0.2) is 20.7 Å². The molecule has 22 heavy (non-hydrogen) atoms. The summed E-state index contributed by atoms with van der Waals surface area (Å²) in [6.07, 6.45) is 0. The van der Waals surface area contributed by atoms with Crippen LogP contribution in [-0.2, 0) is 7.05 Å². The van der Waals surface area contributed by atoms with Gasteiger partial charge in [0, 0.05) is 18.8 Å². The number of rotatable bonds is 3. The highest BCUT2D eigenvalue weighted by Gasteiger charge is 2.13. The zero-order chi connectivity index (χ0) is 15.7. The van der Waals surface area contributed by atoms with E-state index in [9.17, 15) is 4.79 Å². The lowest BCUT2D eigenvalue weighted by Crippen LogP contribution is -2.14. The monoisotopic (exact) mass is 312 g/mol. The lowest BCUT2D eigenvalue weighted by molar-refractivity contribution is 0.102. The second-order valence-electron chi connectivity index (χ2n) is 5.06. The Morgan fingerprint density at radius 3 is 2.68 bits per heavy atom. The first-order chi connectivity index (χ1) is 10.5. The molecule has 0 unspecified atom stereocenters. The molecule has 5 nitrogen and oxygen atoms in total. The van der Waals surface area contributed by atoms with Crippen LogP contribution in [0.15, 0.2) is 35.7 Å². The number of amides is 1. The minimum Gasteiger partial charge on any atom is -0.305 e. The standard InChI is InChI=1S/C16H16N4OS/c1-10-9-15(19-20(10)3)18-16(21)12-6-7-13(17-11(12)2)14-5-4-8-22-14/h4-9H,1-3H3,(H,18,19,21). The molecule has 0 fully saturated rings. The van der Waals surface area contributed by atoms with Crippen LogP contribution in [0.5, 0.6) is 0 Å². The van der Waals surface area contributed by atoms with Crippen LogP contribution in [0, 0.1) is 13.8 Å². The summed E-state index contributed by atoms with van der Waals surface area (Å²) in [5.41, 5.74) is 3.13. The van der Waals surface area contributed by atoms with E-state index in [0.717, 1.165) is 16.3 Å². The van der Waals surface area contributed by atoms with Crippen molar-refractivity contribution in [2.24, 2.45) is 7.05 Å². The van der Waals surface area contributed by atoms with Gasteiger partial charge in [0.25, 0.3) is 5.91 Å². The highest BCUT2D eigenvalue weighted by atomic mass is 32.1. The summed E-state index contributed by atoms with van der Waals surface area (Å²) in [5.74, 6) is 0.354. The van der Waals surface area contributed by atoms with Gasteiger partial charge in [-0.2, -0.15) is 5.10 Å². The number of hydrogen-bond donors (Lipinski definition) is 1. The van der Waals surface area contributed by atoms with Gasteiger partial charge in [0.15, 0.2) is 5.82 Å². The van der Waals surface area contributed by atoms with Crippen molar-refractivity contribution in [2.45, 2.75) is 13.8 Å². The van der Waals surface area contributed by atoms with Gasteiger partial charge in [-0.15, -0.1) is 11.3 Å². The maximum Gasteiger partial charge on any atom is 0.258 e. The molecule has 0 aliphatic rings. The van der Waals surface area contributed by atoms with E-state index in [4.69, 9.17) is 0 Å². The fourth-order valence-corrected chi connectivity index (χ4v) is 2.86. The normalized spacial score (nSPS) is 10.7. The smallest absolute Gasteiger partial charge is 0.258 e. The molecule has 0 saturated heterocycles. The van der Waals surface area contributed by atoms with Crippen molar-refractivity contribution < 1.29 is 4.79 Å². The lowest BCUT2D eigenvalue weighted by atomic mass is 10.1. The summed E-state index contributed by atoms with van der Waals surface area (Å²) in [6.45, 7) is 3.78. The molecule has 0 bridgehead atoms. The second kappa shape index (κ2) is 5.73. The summed E-state index contributed by atoms with van der Waals surface area (Å²) >= 11 is 1.63. The molecule has 1 N–H and O–H groups in total. The Balaban J connectivity index is 1.83. The van der Waals surface area contributed by atoms with E-state index in [2.05, 4.69) is 15.4 Å². The Hall–Kier alpha value is -2.47. The van der Waals surface area contributed by atoms with Crippen molar-refractivity contribution >= 4 is 23.1 Å². The minimum absolute atomic E-state index is 0.194. The summed E-state index contributed by atoms with van der Waals surface area (Å²) in [7, 11) is 1.84. The van der Waals surface area contributed by atoms with Gasteiger partial charge in [-0.25, -0.2) is 0 Å². The Morgan fingerprint density at radius 2 is 2.09 bits per heavy atom. The third-order valence-electron chi connectivity index (χ3n) is 3.46. The molecule has 0 atom stereocenters. The van der Waals surface area contributed by atoms with Crippen molar-refractivity contribution in [3.05, 3.63) is 52.7 Å². The van der Waals surface area contributed by atoms with Crippen LogP contribution in [0.2, 0.25) is 0 Å². The van der Waals surface area contributed by atoms with Crippen LogP contribution in [0.4, 0.5) is 5.82 Å². The van der Waals surface area contributed by atoms with Gasteiger partial charge in [-0.3, -0.25) is 14.5 Å². The van der Waals surface area contributed by atoms with E-state index in [1.807, 2.05) is 56.6 Å². The van der Waals surface area contributed by atoms with Crippen molar-refractivity contribution in [1.29, 1.82) is 0 Å². The van der Waals surface area contributed by atoms with Gasteiger partial charge in [0.05, 0.1) is 21.8 Å². The highest BCUT2D eigenvalue weighted by molar-refractivity contribution is 7.13. The zero-order valence-corrected chi connectivity index (χ0v) is 13.4. The SMILES string of the molecule is Cc1nc(-c2cccs2)ccc1C(=O)Nc1cc(C)n(C)n1. The van der Waals surface area contributed by atoms with Crippen LogP contribution < -0.4 is 5.32 Å². The first-order valence-corrected chi connectivity index (χ1v) is 7.76. The third-order valence-corrected chi connectivity index (χ3v) is 4.35. The maximum absolute atomic E-state index is 12.4. The number of carbonyl (C=O) groups excluding carboxylic acids is 1. The van der Waals surface area contributed by atoms with E-state index >= 15 is 0 Å². The van der Waals surface area contributed by atoms with Crippen molar-refractivity contribution in [3.63, 3.8) is 0 Å². The second-order valence-corrected chi connectivity index (χ2v) is 6.00. The number of hydrogen-bond acceptors (Lipinski definition) is 4.